The fourth-order valence-electron chi connectivity index (χ4n) is 5.21. The summed E-state index contributed by atoms with van der Waals surface area (Å²) >= 11 is 0. The number of rotatable bonds is 4. The van der Waals surface area contributed by atoms with E-state index in [1.165, 1.54) is 45.2 Å². The van der Waals surface area contributed by atoms with Gasteiger partial charge in [0.15, 0.2) is 9.84 Å². The molecule has 0 spiro atoms. The highest BCUT2D eigenvalue weighted by Crippen LogP contribution is 2.50. The van der Waals surface area contributed by atoms with Gasteiger partial charge in [-0.3, -0.25) is 4.55 Å². The Labute approximate surface area is 248 Å². The summed E-state index contributed by atoms with van der Waals surface area (Å²) in [6.07, 6.45) is 2.14. The first-order valence-corrected chi connectivity index (χ1v) is 16.3. The van der Waals surface area contributed by atoms with E-state index in [4.69, 9.17) is 13.0 Å². The molecule has 10 heteroatoms. The third-order valence-corrected chi connectivity index (χ3v) is 8.83. The number of hydrogen-bond acceptors (Lipinski definition) is 4. The zero-order valence-electron chi connectivity index (χ0n) is 22.7. The van der Waals surface area contributed by atoms with Crippen LogP contribution in [0.3, 0.4) is 0 Å². The monoisotopic (exact) mass is 622 g/mol. The lowest BCUT2D eigenvalue weighted by molar-refractivity contribution is -0.0510. The molecule has 6 rings (SSSR count). The van der Waals surface area contributed by atoms with Gasteiger partial charge in [0.2, 0.25) is 0 Å². The Hall–Kier alpha value is -4.25. The summed E-state index contributed by atoms with van der Waals surface area (Å²) < 4.78 is 81.7. The fraction of sp³-hybridized carbons (Fsp3) is 0.0909. The minimum atomic E-state index is -5.84. The van der Waals surface area contributed by atoms with E-state index in [0.717, 1.165) is 23.1 Å². The molecule has 1 aliphatic carbocycles. The average Bonchev–Trinajstić information content (AvgIpc) is 3.34. The second kappa shape index (κ2) is 11.4. The fourth-order valence-corrected chi connectivity index (χ4v) is 5.84. The lowest BCUT2D eigenvalue weighted by atomic mass is 9.82. The first-order chi connectivity index (χ1) is 20.3. The van der Waals surface area contributed by atoms with Crippen LogP contribution in [0.4, 0.5) is 13.2 Å². The van der Waals surface area contributed by atoms with Gasteiger partial charge >= 0.3 is 15.6 Å². The van der Waals surface area contributed by atoms with Crippen LogP contribution in [0.2, 0.25) is 0 Å². The Morgan fingerprint density at radius 1 is 0.605 bits per heavy atom. The number of halogens is 3. The number of hydrogen-bond donors (Lipinski definition) is 1. The Balaban J connectivity index is 0.000000407. The molecule has 5 nitrogen and oxygen atoms in total. The van der Waals surface area contributed by atoms with Crippen LogP contribution in [0.1, 0.15) is 11.1 Å². The number of alkyl halides is 3. The van der Waals surface area contributed by atoms with Crippen molar-refractivity contribution in [3.8, 4) is 44.5 Å². The molecule has 0 unspecified atom stereocenters. The van der Waals surface area contributed by atoms with Crippen LogP contribution in [0, 0.1) is 0 Å². The molecule has 5 aromatic carbocycles. The Morgan fingerprint density at radius 2 is 1.09 bits per heavy atom. The predicted molar refractivity (Wildman–Crippen MR) is 162 cm³/mol. The second-order valence-corrected chi connectivity index (χ2v) is 13.4. The molecule has 0 amide bonds. The van der Waals surface area contributed by atoms with Gasteiger partial charge in [-0.2, -0.15) is 21.6 Å². The molecule has 0 saturated carbocycles. The molecule has 0 radical (unpaired) electrons. The Bertz CT molecular complexity index is 2010. The van der Waals surface area contributed by atoms with E-state index in [2.05, 4.69) is 84.9 Å². The Morgan fingerprint density at radius 3 is 1.60 bits per heavy atom. The molecule has 0 aromatic heterocycles. The van der Waals surface area contributed by atoms with E-state index in [0.29, 0.717) is 4.90 Å². The summed E-state index contributed by atoms with van der Waals surface area (Å²) in [6, 6.07) is 39.3. The lowest BCUT2D eigenvalue weighted by Crippen LogP contribution is -2.21. The maximum atomic E-state index is 12.1. The van der Waals surface area contributed by atoms with E-state index in [1.807, 2.05) is 18.2 Å². The topological polar surface area (TPSA) is 88.5 Å². The molecule has 0 saturated heterocycles. The quantitative estimate of drug-likeness (QED) is 0.159. The average molecular weight is 623 g/mol. The molecule has 43 heavy (non-hydrogen) atoms. The van der Waals surface area contributed by atoms with Crippen molar-refractivity contribution in [2.75, 3.05) is 6.26 Å². The standard InChI is InChI=1S/C32H24O2S.CHF3O3S/c1-35(33,34)26-18-16-22(17-19-26)28-21-29-27-15-9-8-14-25(27)20-30(29)32(24-12-6-3-7-13-24)31(28)23-10-4-2-5-11-23;2-1(3,4)8(5,6)7/h2-19,21H,20H2,1H3;(H,5,6,7). The van der Waals surface area contributed by atoms with E-state index >= 15 is 0 Å². The van der Waals surface area contributed by atoms with Crippen LogP contribution in [-0.4, -0.2) is 33.2 Å². The van der Waals surface area contributed by atoms with Crippen molar-refractivity contribution in [1.82, 2.24) is 0 Å². The van der Waals surface area contributed by atoms with E-state index in [1.54, 1.807) is 12.1 Å². The third-order valence-electron chi connectivity index (χ3n) is 7.12. The normalized spacial score (nSPS) is 12.6. The van der Waals surface area contributed by atoms with Gasteiger partial charge in [-0.05, 0) is 80.3 Å². The molecular weight excluding hydrogens is 597 g/mol. The molecule has 220 valence electrons. The number of fused-ring (bicyclic) bond motifs is 3. The van der Waals surface area contributed by atoms with Crippen LogP contribution in [-0.2, 0) is 26.4 Å². The number of benzene rings is 5. The van der Waals surface area contributed by atoms with Crippen molar-refractivity contribution in [3.05, 3.63) is 126 Å². The van der Waals surface area contributed by atoms with Crippen LogP contribution >= 0.6 is 0 Å². The molecule has 0 atom stereocenters. The van der Waals surface area contributed by atoms with E-state index in [-0.39, 0.29) is 0 Å². The maximum absolute atomic E-state index is 12.1. The molecule has 0 heterocycles. The van der Waals surface area contributed by atoms with Crippen molar-refractivity contribution in [2.24, 2.45) is 0 Å². The molecule has 1 N–H and O–H groups in total. The SMILES string of the molecule is CS(=O)(=O)c1ccc(-c2cc3c(c(-c4ccccc4)c2-c2ccccc2)Cc2ccccc2-3)cc1.O=S(=O)(O)C(F)(F)F. The van der Waals surface area contributed by atoms with Gasteiger partial charge < -0.3 is 0 Å². The molecule has 0 bridgehead atoms. The summed E-state index contributed by atoms with van der Waals surface area (Å²) in [5, 5.41) is 0. The molecule has 0 aliphatic heterocycles. The van der Waals surface area contributed by atoms with Crippen molar-refractivity contribution < 1.29 is 34.6 Å². The van der Waals surface area contributed by atoms with Gasteiger partial charge in [0.1, 0.15) is 0 Å². The second-order valence-electron chi connectivity index (χ2n) is 9.98. The summed E-state index contributed by atoms with van der Waals surface area (Å²) in [5.41, 5.74) is 6.52. The molecule has 5 aromatic rings. The van der Waals surface area contributed by atoms with Crippen LogP contribution < -0.4 is 0 Å². The zero-order valence-corrected chi connectivity index (χ0v) is 24.3. The first-order valence-electron chi connectivity index (χ1n) is 13.0. The van der Waals surface area contributed by atoms with Crippen molar-refractivity contribution in [2.45, 2.75) is 16.8 Å². The predicted octanol–water partition coefficient (Wildman–Crippen LogP) is 8.06. The van der Waals surface area contributed by atoms with Crippen molar-refractivity contribution in [3.63, 3.8) is 0 Å². The summed E-state index contributed by atoms with van der Waals surface area (Å²) in [6.45, 7) is 0. The largest absolute Gasteiger partial charge is 0.522 e. The molecule has 0 fully saturated rings. The highest BCUT2D eigenvalue weighted by molar-refractivity contribution is 7.90. The smallest absolute Gasteiger partial charge is 0.279 e. The van der Waals surface area contributed by atoms with Gasteiger partial charge in [-0.15, -0.1) is 0 Å². The van der Waals surface area contributed by atoms with Crippen molar-refractivity contribution in [1.29, 1.82) is 0 Å². The van der Waals surface area contributed by atoms with Gasteiger partial charge in [-0.25, -0.2) is 8.42 Å². The van der Waals surface area contributed by atoms with Crippen LogP contribution in [0.5, 0.6) is 0 Å². The molecule has 1 aliphatic rings. The molecular formula is C33H25F3O5S2. The van der Waals surface area contributed by atoms with E-state index in [9.17, 15) is 21.6 Å². The van der Waals surface area contributed by atoms with Gasteiger partial charge in [0.05, 0.1) is 4.90 Å². The van der Waals surface area contributed by atoms with Gasteiger partial charge in [0.25, 0.3) is 0 Å². The van der Waals surface area contributed by atoms with E-state index < -0.39 is 25.5 Å². The minimum Gasteiger partial charge on any atom is -0.279 e. The minimum absolute atomic E-state index is 0.331. The number of sulfone groups is 1. The first kappa shape index (κ1) is 30.2. The van der Waals surface area contributed by atoms with Crippen LogP contribution in [0.25, 0.3) is 44.5 Å². The van der Waals surface area contributed by atoms with Gasteiger partial charge in [0, 0.05) is 6.26 Å². The third kappa shape index (κ3) is 6.27. The highest BCUT2D eigenvalue weighted by atomic mass is 32.2. The summed E-state index contributed by atoms with van der Waals surface area (Å²) in [5.74, 6) is 0. The lowest BCUT2D eigenvalue weighted by Gasteiger charge is -2.21. The maximum Gasteiger partial charge on any atom is 0.522 e. The summed E-state index contributed by atoms with van der Waals surface area (Å²) in [7, 11) is -9.11. The zero-order chi connectivity index (χ0) is 31.0. The summed E-state index contributed by atoms with van der Waals surface area (Å²) in [4.78, 5) is 0.331. The van der Waals surface area contributed by atoms with Crippen LogP contribution in [0.15, 0.2) is 120 Å². The Kier molecular flexibility index (Phi) is 8.04. The van der Waals surface area contributed by atoms with Crippen molar-refractivity contribution >= 4 is 20.0 Å². The highest BCUT2D eigenvalue weighted by Gasteiger charge is 2.44. The van der Waals surface area contributed by atoms with Gasteiger partial charge in [-0.1, -0.05) is 97.1 Å².